The van der Waals surface area contributed by atoms with Gasteiger partial charge in [-0.1, -0.05) is 11.6 Å². The topological polar surface area (TPSA) is 81.2 Å². The lowest BCUT2D eigenvalue weighted by atomic mass is 10.3. The van der Waals surface area contributed by atoms with Gasteiger partial charge in [0.1, 0.15) is 16.9 Å². The Morgan fingerprint density at radius 1 is 1.41 bits per heavy atom. The van der Waals surface area contributed by atoms with Crippen LogP contribution in [-0.4, -0.2) is 35.0 Å². The number of carbonyl (C=O) groups excluding carboxylic acids is 2. The molecule has 1 amide bonds. The highest BCUT2D eigenvalue weighted by molar-refractivity contribution is 6.32. The summed E-state index contributed by atoms with van der Waals surface area (Å²) in [6.45, 7) is 1.48. The SMILES string of the molecule is COC(=O)C(C)NC(=O)c1cc(Cl)nc(Cl)n1. The van der Waals surface area contributed by atoms with Crippen LogP contribution in [0.5, 0.6) is 0 Å². The maximum absolute atomic E-state index is 11.7. The molecule has 0 saturated heterocycles. The predicted octanol–water partition coefficient (Wildman–Crippen LogP) is 1.07. The minimum Gasteiger partial charge on any atom is -0.467 e. The number of hydrogen-bond acceptors (Lipinski definition) is 5. The van der Waals surface area contributed by atoms with E-state index in [1.54, 1.807) is 0 Å². The Balaban J connectivity index is 2.79. The largest absolute Gasteiger partial charge is 0.467 e. The van der Waals surface area contributed by atoms with Crippen molar-refractivity contribution in [2.45, 2.75) is 13.0 Å². The third kappa shape index (κ3) is 3.83. The summed E-state index contributed by atoms with van der Waals surface area (Å²) in [5.74, 6) is -1.15. The Bertz CT molecular complexity index is 433. The highest BCUT2D eigenvalue weighted by atomic mass is 35.5. The van der Waals surface area contributed by atoms with Gasteiger partial charge in [0.2, 0.25) is 5.28 Å². The molecule has 1 rings (SSSR count). The van der Waals surface area contributed by atoms with Gasteiger partial charge in [-0.25, -0.2) is 14.8 Å². The molecule has 0 bridgehead atoms. The lowest BCUT2D eigenvalue weighted by Crippen LogP contribution is -2.39. The van der Waals surface area contributed by atoms with Gasteiger partial charge in [-0.05, 0) is 18.5 Å². The van der Waals surface area contributed by atoms with Crippen LogP contribution in [0.2, 0.25) is 10.4 Å². The molecule has 0 aliphatic heterocycles. The highest BCUT2D eigenvalue weighted by Crippen LogP contribution is 2.10. The molecule has 1 heterocycles. The van der Waals surface area contributed by atoms with Gasteiger partial charge in [-0.15, -0.1) is 0 Å². The molecule has 0 radical (unpaired) electrons. The van der Waals surface area contributed by atoms with Gasteiger partial charge in [-0.2, -0.15) is 0 Å². The monoisotopic (exact) mass is 277 g/mol. The number of halogens is 2. The highest BCUT2D eigenvalue weighted by Gasteiger charge is 2.18. The number of ether oxygens (including phenoxy) is 1. The Labute approximate surface area is 107 Å². The summed E-state index contributed by atoms with van der Waals surface area (Å²) >= 11 is 11.2. The van der Waals surface area contributed by atoms with Crippen molar-refractivity contribution in [1.29, 1.82) is 0 Å². The second-order valence-electron chi connectivity index (χ2n) is 3.06. The van der Waals surface area contributed by atoms with Crippen LogP contribution in [0.15, 0.2) is 6.07 Å². The third-order valence-corrected chi connectivity index (χ3v) is 2.17. The number of amides is 1. The van der Waals surface area contributed by atoms with E-state index in [2.05, 4.69) is 20.0 Å². The van der Waals surface area contributed by atoms with E-state index in [1.165, 1.54) is 20.1 Å². The first kappa shape index (κ1) is 13.7. The molecule has 8 heteroatoms. The summed E-state index contributed by atoms with van der Waals surface area (Å²) in [7, 11) is 1.23. The Kier molecular flexibility index (Phi) is 4.65. The number of nitrogens with zero attached hydrogens (tertiary/aromatic N) is 2. The molecular weight excluding hydrogens is 269 g/mol. The summed E-state index contributed by atoms with van der Waals surface area (Å²) in [5, 5.41) is 2.28. The molecule has 0 spiro atoms. The van der Waals surface area contributed by atoms with Crippen molar-refractivity contribution in [2.75, 3.05) is 7.11 Å². The fourth-order valence-electron chi connectivity index (χ4n) is 1.01. The second-order valence-corrected chi connectivity index (χ2v) is 3.79. The molecule has 0 saturated carbocycles. The average Bonchev–Trinajstić information content (AvgIpc) is 2.26. The van der Waals surface area contributed by atoms with Crippen molar-refractivity contribution in [3.8, 4) is 0 Å². The maximum Gasteiger partial charge on any atom is 0.328 e. The third-order valence-electron chi connectivity index (χ3n) is 1.80. The standard InChI is InChI=1S/C9H9Cl2N3O3/c1-4(8(16)17-2)12-7(15)5-3-6(10)14-9(11)13-5/h3-4H,1-2H3,(H,12,15). The minimum absolute atomic E-state index is 0.0225. The number of methoxy groups -OCH3 is 1. The number of aromatic nitrogens is 2. The second kappa shape index (κ2) is 5.79. The lowest BCUT2D eigenvalue weighted by molar-refractivity contribution is -0.142. The van der Waals surface area contributed by atoms with Crippen LogP contribution in [0.4, 0.5) is 0 Å². The van der Waals surface area contributed by atoms with Gasteiger partial charge < -0.3 is 10.1 Å². The fraction of sp³-hybridized carbons (Fsp3) is 0.333. The van der Waals surface area contributed by atoms with E-state index < -0.39 is 17.9 Å². The number of esters is 1. The molecule has 17 heavy (non-hydrogen) atoms. The van der Waals surface area contributed by atoms with E-state index in [-0.39, 0.29) is 16.1 Å². The number of hydrogen-bond donors (Lipinski definition) is 1. The molecule has 1 aromatic heterocycles. The molecule has 0 aliphatic rings. The number of carbonyl (C=O) groups is 2. The normalized spacial score (nSPS) is 11.8. The number of nitrogens with one attached hydrogen (secondary N) is 1. The van der Waals surface area contributed by atoms with Crippen LogP contribution in [0, 0.1) is 0 Å². The molecule has 0 aromatic carbocycles. The van der Waals surface area contributed by atoms with Crippen LogP contribution < -0.4 is 5.32 Å². The lowest BCUT2D eigenvalue weighted by Gasteiger charge is -2.10. The molecule has 0 fully saturated rings. The minimum atomic E-state index is -0.792. The van der Waals surface area contributed by atoms with Crippen LogP contribution in [-0.2, 0) is 9.53 Å². The van der Waals surface area contributed by atoms with Gasteiger partial charge in [0, 0.05) is 6.07 Å². The Morgan fingerprint density at radius 2 is 2.06 bits per heavy atom. The summed E-state index contributed by atoms with van der Waals surface area (Å²) in [6.07, 6.45) is 0. The van der Waals surface area contributed by atoms with Crippen LogP contribution in [0.25, 0.3) is 0 Å². The van der Waals surface area contributed by atoms with Gasteiger partial charge >= 0.3 is 5.97 Å². The zero-order valence-electron chi connectivity index (χ0n) is 9.03. The predicted molar refractivity (Wildman–Crippen MR) is 61.0 cm³/mol. The summed E-state index contributed by atoms with van der Waals surface area (Å²) in [6, 6.07) is 0.451. The average molecular weight is 278 g/mol. The van der Waals surface area contributed by atoms with E-state index in [1.807, 2.05) is 0 Å². The van der Waals surface area contributed by atoms with Gasteiger partial charge in [-0.3, -0.25) is 4.79 Å². The smallest absolute Gasteiger partial charge is 0.328 e. The van der Waals surface area contributed by atoms with Crippen LogP contribution in [0.1, 0.15) is 17.4 Å². The first-order valence-electron chi connectivity index (χ1n) is 4.53. The molecule has 6 nitrogen and oxygen atoms in total. The van der Waals surface area contributed by atoms with Crippen LogP contribution >= 0.6 is 23.2 Å². The molecule has 1 unspecified atom stereocenters. The quantitative estimate of drug-likeness (QED) is 0.508. The van der Waals surface area contributed by atoms with Gasteiger partial charge in [0.05, 0.1) is 7.11 Å². The molecule has 0 aliphatic carbocycles. The zero-order chi connectivity index (χ0) is 13.0. The van der Waals surface area contributed by atoms with E-state index in [0.717, 1.165) is 0 Å². The molecule has 1 aromatic rings. The van der Waals surface area contributed by atoms with Gasteiger partial charge in [0.15, 0.2) is 0 Å². The van der Waals surface area contributed by atoms with E-state index in [0.29, 0.717) is 0 Å². The van der Waals surface area contributed by atoms with Crippen molar-refractivity contribution in [3.05, 3.63) is 22.2 Å². The van der Waals surface area contributed by atoms with Crippen LogP contribution in [0.3, 0.4) is 0 Å². The number of rotatable bonds is 3. The van der Waals surface area contributed by atoms with E-state index in [4.69, 9.17) is 23.2 Å². The van der Waals surface area contributed by atoms with Gasteiger partial charge in [0.25, 0.3) is 5.91 Å². The maximum atomic E-state index is 11.7. The summed E-state index contributed by atoms with van der Waals surface area (Å²) < 4.78 is 4.46. The van der Waals surface area contributed by atoms with Crippen molar-refractivity contribution in [2.24, 2.45) is 0 Å². The molecule has 92 valence electrons. The van der Waals surface area contributed by atoms with E-state index in [9.17, 15) is 9.59 Å². The summed E-state index contributed by atoms with van der Waals surface area (Å²) in [4.78, 5) is 30.0. The van der Waals surface area contributed by atoms with Crippen molar-refractivity contribution in [1.82, 2.24) is 15.3 Å². The fourth-order valence-corrected chi connectivity index (χ4v) is 1.42. The van der Waals surface area contributed by atoms with Crippen molar-refractivity contribution in [3.63, 3.8) is 0 Å². The molecule has 1 atom stereocenters. The van der Waals surface area contributed by atoms with Crippen molar-refractivity contribution >= 4 is 35.1 Å². The molecule has 1 N–H and O–H groups in total. The first-order chi connectivity index (χ1) is 7.93. The Hall–Kier alpha value is -1.40. The zero-order valence-corrected chi connectivity index (χ0v) is 10.5. The summed E-state index contributed by atoms with van der Waals surface area (Å²) in [5.41, 5.74) is -0.0225. The van der Waals surface area contributed by atoms with E-state index >= 15 is 0 Å². The molecular formula is C9H9Cl2N3O3. The Morgan fingerprint density at radius 3 is 2.59 bits per heavy atom. The van der Waals surface area contributed by atoms with Crippen molar-refractivity contribution < 1.29 is 14.3 Å². The first-order valence-corrected chi connectivity index (χ1v) is 5.28.